The lowest BCUT2D eigenvalue weighted by Gasteiger charge is -2.36. The van der Waals surface area contributed by atoms with E-state index in [9.17, 15) is 4.79 Å². The number of hydrogen-bond donors (Lipinski definition) is 1. The van der Waals surface area contributed by atoms with Gasteiger partial charge in [0.25, 0.3) is 0 Å². The number of nitrogens with zero attached hydrogens (tertiary/aromatic N) is 4. The summed E-state index contributed by atoms with van der Waals surface area (Å²) >= 11 is 0. The molecule has 0 saturated carbocycles. The predicted octanol–water partition coefficient (Wildman–Crippen LogP) is 1.96. The summed E-state index contributed by atoms with van der Waals surface area (Å²) in [6.07, 6.45) is 3.46. The van der Waals surface area contributed by atoms with E-state index in [0.29, 0.717) is 32.1 Å². The van der Waals surface area contributed by atoms with Crippen molar-refractivity contribution in [1.82, 2.24) is 14.7 Å². The molecule has 2 saturated heterocycles. The van der Waals surface area contributed by atoms with Crippen molar-refractivity contribution in [3.05, 3.63) is 0 Å². The molecule has 146 valence electrons. The Kier molecular flexibility index (Phi) is 9.26. The van der Waals surface area contributed by atoms with Crippen molar-refractivity contribution in [2.24, 2.45) is 10.7 Å². The Bertz CT molecular complexity index is 439. The number of aliphatic imine (C=N–C) groups is 1. The van der Waals surface area contributed by atoms with Crippen molar-refractivity contribution in [2.45, 2.75) is 45.6 Å². The SMILES string of the molecule is CC(C)(C)OC(=O)N1CCN(C(N)=NCCCN2CCCC2)CC1.I. The van der Waals surface area contributed by atoms with E-state index in [1.165, 1.54) is 25.9 Å². The second-order valence-corrected chi connectivity index (χ2v) is 7.60. The molecule has 2 N–H and O–H groups in total. The third-order valence-electron chi connectivity index (χ3n) is 4.36. The van der Waals surface area contributed by atoms with Gasteiger partial charge in [-0.05, 0) is 59.7 Å². The lowest BCUT2D eigenvalue weighted by molar-refractivity contribution is 0.0186. The molecule has 0 aromatic carbocycles. The van der Waals surface area contributed by atoms with Gasteiger partial charge in [0.05, 0.1) is 0 Å². The molecule has 1 amide bonds. The lowest BCUT2D eigenvalue weighted by Crippen LogP contribution is -2.53. The van der Waals surface area contributed by atoms with Gasteiger partial charge in [0.15, 0.2) is 5.96 Å². The van der Waals surface area contributed by atoms with E-state index in [4.69, 9.17) is 10.5 Å². The summed E-state index contributed by atoms with van der Waals surface area (Å²) in [5.41, 5.74) is 5.64. The molecule has 0 unspecified atom stereocenters. The molecule has 8 heteroatoms. The van der Waals surface area contributed by atoms with Gasteiger partial charge in [0.1, 0.15) is 5.60 Å². The van der Waals surface area contributed by atoms with Crippen molar-refractivity contribution in [1.29, 1.82) is 0 Å². The molecule has 2 rings (SSSR count). The Hall–Kier alpha value is -0.770. The number of rotatable bonds is 4. The van der Waals surface area contributed by atoms with Crippen LogP contribution in [0, 0.1) is 0 Å². The average molecular weight is 467 g/mol. The van der Waals surface area contributed by atoms with Crippen LogP contribution in [-0.2, 0) is 4.74 Å². The molecular formula is C17H34IN5O2. The van der Waals surface area contributed by atoms with Gasteiger partial charge in [-0.15, -0.1) is 24.0 Å². The highest BCUT2D eigenvalue weighted by Gasteiger charge is 2.26. The van der Waals surface area contributed by atoms with Crippen LogP contribution >= 0.6 is 24.0 Å². The number of hydrogen-bond acceptors (Lipinski definition) is 4. The molecule has 0 aromatic rings. The lowest BCUT2D eigenvalue weighted by atomic mass is 10.2. The number of piperazine rings is 1. The maximum absolute atomic E-state index is 12.0. The summed E-state index contributed by atoms with van der Waals surface area (Å²) in [4.78, 5) is 22.8. The third-order valence-corrected chi connectivity index (χ3v) is 4.36. The summed E-state index contributed by atoms with van der Waals surface area (Å²) in [5.74, 6) is 0.597. The summed E-state index contributed by atoms with van der Waals surface area (Å²) in [7, 11) is 0. The van der Waals surface area contributed by atoms with Crippen molar-refractivity contribution in [2.75, 3.05) is 52.4 Å². The van der Waals surface area contributed by atoms with Gasteiger partial charge < -0.3 is 25.2 Å². The number of carbonyl (C=O) groups is 1. The third kappa shape index (κ3) is 7.98. The highest BCUT2D eigenvalue weighted by molar-refractivity contribution is 14.0. The number of likely N-dealkylation sites (tertiary alicyclic amines) is 1. The van der Waals surface area contributed by atoms with Crippen LogP contribution in [0.5, 0.6) is 0 Å². The van der Waals surface area contributed by atoms with Crippen LogP contribution in [0.1, 0.15) is 40.0 Å². The number of halogens is 1. The molecular weight excluding hydrogens is 433 g/mol. The van der Waals surface area contributed by atoms with Gasteiger partial charge in [-0.3, -0.25) is 4.99 Å². The zero-order chi connectivity index (χ0) is 17.6. The van der Waals surface area contributed by atoms with Crippen LogP contribution in [0.2, 0.25) is 0 Å². The van der Waals surface area contributed by atoms with Crippen molar-refractivity contribution >= 4 is 36.0 Å². The smallest absolute Gasteiger partial charge is 0.410 e. The number of ether oxygens (including phenoxy) is 1. The van der Waals surface area contributed by atoms with E-state index in [-0.39, 0.29) is 30.1 Å². The quantitative estimate of drug-likeness (QED) is 0.296. The molecule has 25 heavy (non-hydrogen) atoms. The first-order chi connectivity index (χ1) is 11.3. The minimum Gasteiger partial charge on any atom is -0.444 e. The van der Waals surface area contributed by atoms with Gasteiger partial charge in [-0.2, -0.15) is 0 Å². The van der Waals surface area contributed by atoms with Crippen LogP contribution in [0.3, 0.4) is 0 Å². The van der Waals surface area contributed by atoms with E-state index in [0.717, 1.165) is 19.5 Å². The molecule has 0 bridgehead atoms. The largest absolute Gasteiger partial charge is 0.444 e. The van der Waals surface area contributed by atoms with Crippen LogP contribution < -0.4 is 5.73 Å². The minimum absolute atomic E-state index is 0. The molecule has 0 spiro atoms. The first-order valence-electron chi connectivity index (χ1n) is 9.10. The summed E-state index contributed by atoms with van der Waals surface area (Å²) in [6, 6.07) is 0. The van der Waals surface area contributed by atoms with Crippen molar-refractivity contribution < 1.29 is 9.53 Å². The molecule has 0 atom stereocenters. The van der Waals surface area contributed by atoms with E-state index in [2.05, 4.69) is 14.8 Å². The Morgan fingerprint density at radius 3 is 2.16 bits per heavy atom. The number of amides is 1. The predicted molar refractivity (Wildman–Crippen MR) is 112 cm³/mol. The molecule has 2 aliphatic rings. The fourth-order valence-corrected chi connectivity index (χ4v) is 3.04. The minimum atomic E-state index is -0.454. The Labute approximate surface area is 169 Å². The molecule has 0 aliphatic carbocycles. The van der Waals surface area contributed by atoms with Gasteiger partial charge in [0, 0.05) is 32.7 Å². The zero-order valence-electron chi connectivity index (χ0n) is 15.9. The van der Waals surface area contributed by atoms with Crippen LogP contribution in [0.4, 0.5) is 4.79 Å². The number of nitrogens with two attached hydrogens (primary N) is 1. The summed E-state index contributed by atoms with van der Waals surface area (Å²) in [6.45, 7) is 12.7. The Morgan fingerprint density at radius 2 is 1.60 bits per heavy atom. The molecule has 2 fully saturated rings. The molecule has 0 radical (unpaired) electrons. The highest BCUT2D eigenvalue weighted by atomic mass is 127. The monoisotopic (exact) mass is 467 g/mol. The molecule has 0 aromatic heterocycles. The van der Waals surface area contributed by atoms with Crippen LogP contribution in [0.25, 0.3) is 0 Å². The molecule has 2 aliphatic heterocycles. The average Bonchev–Trinajstić information content (AvgIpc) is 3.03. The van der Waals surface area contributed by atoms with Gasteiger partial charge in [-0.1, -0.05) is 0 Å². The fourth-order valence-electron chi connectivity index (χ4n) is 3.04. The van der Waals surface area contributed by atoms with Gasteiger partial charge >= 0.3 is 6.09 Å². The second kappa shape index (κ2) is 10.4. The van der Waals surface area contributed by atoms with E-state index in [1.54, 1.807) is 4.90 Å². The van der Waals surface area contributed by atoms with Crippen LogP contribution in [0.15, 0.2) is 4.99 Å². The van der Waals surface area contributed by atoms with Crippen molar-refractivity contribution in [3.63, 3.8) is 0 Å². The summed E-state index contributed by atoms with van der Waals surface area (Å²) in [5, 5.41) is 0. The first kappa shape index (κ1) is 22.3. The Morgan fingerprint density at radius 1 is 1.04 bits per heavy atom. The maximum atomic E-state index is 12.0. The number of guanidine groups is 1. The second-order valence-electron chi connectivity index (χ2n) is 7.60. The standard InChI is InChI=1S/C17H33N5O2.HI/c1-17(2,3)24-16(23)22-13-11-21(12-14-22)15(18)19-7-6-10-20-8-4-5-9-20;/h4-14H2,1-3H3,(H2,18,19);1H. The molecule has 7 nitrogen and oxygen atoms in total. The normalized spacial score (nSPS) is 19.7. The van der Waals surface area contributed by atoms with Crippen molar-refractivity contribution in [3.8, 4) is 0 Å². The zero-order valence-corrected chi connectivity index (χ0v) is 18.2. The van der Waals surface area contributed by atoms with Crippen LogP contribution in [-0.4, -0.2) is 84.7 Å². The highest BCUT2D eigenvalue weighted by Crippen LogP contribution is 2.12. The number of carbonyl (C=O) groups excluding carboxylic acids is 1. The topological polar surface area (TPSA) is 74.4 Å². The maximum Gasteiger partial charge on any atom is 0.410 e. The summed E-state index contributed by atoms with van der Waals surface area (Å²) < 4.78 is 5.40. The first-order valence-corrected chi connectivity index (χ1v) is 9.10. The fraction of sp³-hybridized carbons (Fsp3) is 0.882. The van der Waals surface area contributed by atoms with Gasteiger partial charge in [-0.25, -0.2) is 4.79 Å². The van der Waals surface area contributed by atoms with E-state index in [1.807, 2.05) is 20.8 Å². The van der Waals surface area contributed by atoms with E-state index < -0.39 is 5.60 Å². The Balaban J connectivity index is 0.00000312. The van der Waals surface area contributed by atoms with Gasteiger partial charge in [0.2, 0.25) is 0 Å². The van der Waals surface area contributed by atoms with E-state index >= 15 is 0 Å². The molecule has 2 heterocycles.